The van der Waals surface area contributed by atoms with Crippen LogP contribution in [0.25, 0.3) is 11.0 Å². The minimum atomic E-state index is -4.60. The third kappa shape index (κ3) is 2.12. The molecule has 1 aromatic heterocycles. The van der Waals surface area contributed by atoms with Gasteiger partial charge in [-0.25, -0.2) is 4.98 Å². The summed E-state index contributed by atoms with van der Waals surface area (Å²) < 4.78 is 39.9. The van der Waals surface area contributed by atoms with Gasteiger partial charge in [-0.3, -0.25) is 0 Å². The normalized spacial score (nSPS) is 12.3. The summed E-state index contributed by atoms with van der Waals surface area (Å²) in [5.41, 5.74) is 4.86. The van der Waals surface area contributed by atoms with Crippen LogP contribution in [0, 0.1) is 0 Å². The molecule has 2 rings (SSSR count). The summed E-state index contributed by atoms with van der Waals surface area (Å²) in [4.78, 5) is 3.95. The Bertz CT molecular complexity index is 636. The van der Waals surface area contributed by atoms with Gasteiger partial charge in [-0.2, -0.15) is 13.2 Å². The van der Waals surface area contributed by atoms with Crippen LogP contribution < -0.4 is 5.73 Å². The zero-order valence-electron chi connectivity index (χ0n) is 9.92. The second kappa shape index (κ2) is 4.57. The van der Waals surface area contributed by atoms with E-state index in [0.29, 0.717) is 12.1 Å². The number of nitrogens with zero attached hydrogens (tertiary/aromatic N) is 2. The molecule has 0 spiro atoms. The lowest BCUT2D eigenvalue weighted by Gasteiger charge is -2.12. The number of aromatic nitrogens is 2. The Labute approximate surface area is 111 Å². The number of hydrogen-bond donors (Lipinski definition) is 2. The van der Waals surface area contributed by atoms with E-state index in [-0.39, 0.29) is 23.6 Å². The molecule has 0 unspecified atom stereocenters. The number of aliphatic hydroxyl groups is 1. The van der Waals surface area contributed by atoms with Crippen molar-refractivity contribution in [1.29, 1.82) is 0 Å². The molecular formula is C11H11ClF3N3O. The SMILES string of the molecule is CCn1c(CO)nc2cc(C(F)(F)F)c(Cl)c(N)c21. The number of rotatable bonds is 2. The fourth-order valence-electron chi connectivity index (χ4n) is 2.02. The van der Waals surface area contributed by atoms with Gasteiger partial charge in [0.25, 0.3) is 0 Å². The van der Waals surface area contributed by atoms with Gasteiger partial charge < -0.3 is 15.4 Å². The van der Waals surface area contributed by atoms with E-state index in [1.807, 2.05) is 0 Å². The molecule has 1 heterocycles. The number of fused-ring (bicyclic) bond motifs is 1. The van der Waals surface area contributed by atoms with Crippen molar-refractivity contribution in [3.05, 3.63) is 22.5 Å². The van der Waals surface area contributed by atoms with Gasteiger partial charge in [-0.15, -0.1) is 0 Å². The number of aryl methyl sites for hydroxylation is 1. The largest absolute Gasteiger partial charge is 0.418 e. The molecular weight excluding hydrogens is 283 g/mol. The van der Waals surface area contributed by atoms with E-state index >= 15 is 0 Å². The Morgan fingerprint density at radius 2 is 2.11 bits per heavy atom. The van der Waals surface area contributed by atoms with E-state index in [2.05, 4.69) is 4.98 Å². The van der Waals surface area contributed by atoms with Gasteiger partial charge >= 0.3 is 6.18 Å². The highest BCUT2D eigenvalue weighted by Crippen LogP contribution is 2.41. The van der Waals surface area contributed by atoms with Gasteiger partial charge in [0.15, 0.2) is 0 Å². The lowest BCUT2D eigenvalue weighted by atomic mass is 10.1. The zero-order chi connectivity index (χ0) is 14.4. The topological polar surface area (TPSA) is 64.1 Å². The minimum absolute atomic E-state index is 0.0696. The Morgan fingerprint density at radius 3 is 2.58 bits per heavy atom. The number of alkyl halides is 3. The van der Waals surface area contributed by atoms with Crippen LogP contribution in [0.1, 0.15) is 18.3 Å². The van der Waals surface area contributed by atoms with Gasteiger partial charge in [0.1, 0.15) is 12.4 Å². The number of nitrogen functional groups attached to an aromatic ring is 1. The second-order valence-electron chi connectivity index (χ2n) is 3.95. The maximum absolute atomic E-state index is 12.8. The van der Waals surface area contributed by atoms with Crippen molar-refractivity contribution in [2.75, 3.05) is 5.73 Å². The summed E-state index contributed by atoms with van der Waals surface area (Å²) in [5.74, 6) is 0.250. The van der Waals surface area contributed by atoms with Gasteiger partial charge in [0.05, 0.1) is 27.3 Å². The summed E-state index contributed by atoms with van der Waals surface area (Å²) in [6.45, 7) is 1.80. The monoisotopic (exact) mass is 293 g/mol. The molecule has 0 aliphatic heterocycles. The first-order valence-corrected chi connectivity index (χ1v) is 5.84. The van der Waals surface area contributed by atoms with Gasteiger partial charge in [-0.1, -0.05) is 11.6 Å². The number of nitrogens with two attached hydrogens (primary N) is 1. The number of aliphatic hydroxyl groups excluding tert-OH is 1. The predicted molar refractivity (Wildman–Crippen MR) is 65.8 cm³/mol. The van der Waals surface area contributed by atoms with Crippen molar-refractivity contribution in [2.45, 2.75) is 26.3 Å². The van der Waals surface area contributed by atoms with Crippen molar-refractivity contribution in [2.24, 2.45) is 0 Å². The van der Waals surface area contributed by atoms with E-state index in [0.717, 1.165) is 6.07 Å². The number of benzene rings is 1. The molecule has 2 aromatic rings. The summed E-state index contributed by atoms with van der Waals surface area (Å²) >= 11 is 5.69. The van der Waals surface area contributed by atoms with E-state index in [4.69, 9.17) is 22.4 Å². The third-order valence-corrected chi connectivity index (χ3v) is 3.25. The molecule has 8 heteroatoms. The van der Waals surface area contributed by atoms with Crippen molar-refractivity contribution in [3.8, 4) is 0 Å². The first-order chi connectivity index (χ1) is 8.81. The zero-order valence-corrected chi connectivity index (χ0v) is 10.7. The highest BCUT2D eigenvalue weighted by molar-refractivity contribution is 6.35. The van der Waals surface area contributed by atoms with Crippen LogP contribution in [0.4, 0.5) is 18.9 Å². The molecule has 0 fully saturated rings. The Kier molecular flexibility index (Phi) is 3.36. The fourth-order valence-corrected chi connectivity index (χ4v) is 2.27. The average Bonchev–Trinajstić information content (AvgIpc) is 2.70. The van der Waals surface area contributed by atoms with Crippen molar-refractivity contribution in [3.63, 3.8) is 0 Å². The molecule has 0 atom stereocenters. The van der Waals surface area contributed by atoms with Gasteiger partial charge in [0, 0.05) is 6.54 Å². The molecule has 0 amide bonds. The fraction of sp³-hybridized carbons (Fsp3) is 0.364. The van der Waals surface area contributed by atoms with Crippen LogP contribution >= 0.6 is 11.6 Å². The third-order valence-electron chi connectivity index (χ3n) is 2.85. The Balaban J connectivity index is 2.86. The van der Waals surface area contributed by atoms with Crippen LogP contribution in [0.2, 0.25) is 5.02 Å². The average molecular weight is 294 g/mol. The molecule has 3 N–H and O–H groups in total. The summed E-state index contributed by atoms with van der Waals surface area (Å²) in [5, 5.41) is 8.62. The van der Waals surface area contributed by atoms with E-state index in [9.17, 15) is 13.2 Å². The van der Waals surface area contributed by atoms with Crippen LogP contribution in [0.3, 0.4) is 0 Å². The molecule has 0 saturated carbocycles. The lowest BCUT2D eigenvalue weighted by molar-refractivity contribution is -0.137. The molecule has 0 radical (unpaired) electrons. The predicted octanol–water partition coefficient (Wildman–Crippen LogP) is 2.80. The molecule has 0 saturated heterocycles. The molecule has 1 aromatic carbocycles. The minimum Gasteiger partial charge on any atom is -0.396 e. The summed E-state index contributed by atoms with van der Waals surface area (Å²) in [6, 6.07) is 0.847. The number of hydrogen-bond acceptors (Lipinski definition) is 3. The van der Waals surface area contributed by atoms with Crippen LogP contribution in [0.15, 0.2) is 6.07 Å². The maximum Gasteiger partial charge on any atom is 0.418 e. The second-order valence-corrected chi connectivity index (χ2v) is 4.33. The molecule has 4 nitrogen and oxygen atoms in total. The van der Waals surface area contributed by atoms with Gasteiger partial charge in [-0.05, 0) is 13.0 Å². The number of anilines is 1. The van der Waals surface area contributed by atoms with Crippen LogP contribution in [0.5, 0.6) is 0 Å². The van der Waals surface area contributed by atoms with Crippen molar-refractivity contribution in [1.82, 2.24) is 9.55 Å². The highest BCUT2D eigenvalue weighted by atomic mass is 35.5. The first kappa shape index (κ1) is 14.0. The van der Waals surface area contributed by atoms with Crippen LogP contribution in [-0.4, -0.2) is 14.7 Å². The highest BCUT2D eigenvalue weighted by Gasteiger charge is 2.35. The van der Waals surface area contributed by atoms with Crippen molar-refractivity contribution < 1.29 is 18.3 Å². The first-order valence-electron chi connectivity index (χ1n) is 5.46. The molecule has 0 aliphatic rings. The standard InChI is InChI=1S/C11H11ClF3N3O/c1-2-18-7(4-19)17-6-3-5(11(13,14)15)8(12)9(16)10(6)18/h3,19H,2,4,16H2,1H3. The number of halogens is 4. The van der Waals surface area contributed by atoms with E-state index in [1.54, 1.807) is 6.92 Å². The lowest BCUT2D eigenvalue weighted by Crippen LogP contribution is -2.08. The molecule has 19 heavy (non-hydrogen) atoms. The van der Waals surface area contributed by atoms with E-state index in [1.165, 1.54) is 4.57 Å². The molecule has 0 aliphatic carbocycles. The van der Waals surface area contributed by atoms with Crippen molar-refractivity contribution >= 4 is 28.3 Å². The summed E-state index contributed by atoms with van der Waals surface area (Å²) in [7, 11) is 0. The summed E-state index contributed by atoms with van der Waals surface area (Å²) in [6.07, 6.45) is -4.60. The smallest absolute Gasteiger partial charge is 0.396 e. The van der Waals surface area contributed by atoms with Crippen LogP contribution in [-0.2, 0) is 19.3 Å². The molecule has 0 bridgehead atoms. The quantitative estimate of drug-likeness (QED) is 0.837. The Hall–Kier alpha value is -1.47. The maximum atomic E-state index is 12.8. The number of imidazole rings is 1. The van der Waals surface area contributed by atoms with E-state index < -0.39 is 16.8 Å². The Morgan fingerprint density at radius 1 is 1.47 bits per heavy atom. The molecule has 104 valence electrons. The van der Waals surface area contributed by atoms with Gasteiger partial charge in [0.2, 0.25) is 0 Å².